The average molecular weight is 235 g/mol. The van der Waals surface area contributed by atoms with Gasteiger partial charge in [-0.25, -0.2) is 0 Å². The van der Waals surface area contributed by atoms with E-state index in [4.69, 9.17) is 0 Å². The third kappa shape index (κ3) is 1.56. The van der Waals surface area contributed by atoms with Crippen LogP contribution in [0.25, 0.3) is 0 Å². The number of hydrogen-bond acceptors (Lipinski definition) is 1. The van der Waals surface area contributed by atoms with Crippen LogP contribution in [0.3, 0.4) is 0 Å². The fourth-order valence-corrected chi connectivity index (χ4v) is 5.57. The molecule has 3 aliphatic carbocycles. The highest BCUT2D eigenvalue weighted by molar-refractivity contribution is 5.47. The number of carbonyl (C=O) groups is 1. The van der Waals surface area contributed by atoms with Crippen molar-refractivity contribution in [3.05, 3.63) is 0 Å². The normalized spacial score (nSPS) is 51.9. The Balaban J connectivity index is 1.90. The first-order valence-corrected chi connectivity index (χ1v) is 7.25. The maximum atomic E-state index is 10.8. The molecule has 0 aliphatic heterocycles. The van der Waals surface area contributed by atoms with Crippen LogP contribution in [-0.2, 0) is 4.79 Å². The molecule has 0 heterocycles. The van der Waals surface area contributed by atoms with Crippen LogP contribution in [0, 0.1) is 35.0 Å². The fraction of sp³-hybridized carbons (Fsp3) is 0.933. The molecular weight excluding hydrogens is 210 g/mol. The zero-order chi connectivity index (χ0) is 12.2. The number of hydrogen-bond donors (Lipinski definition) is 1. The Morgan fingerprint density at radius 3 is 2.59 bits per heavy atom. The van der Waals surface area contributed by atoms with E-state index >= 15 is 0 Å². The Labute approximate surface area is 105 Å². The monoisotopic (exact) mass is 235 g/mol. The smallest absolute Gasteiger partial charge is 0.207 e. The van der Waals surface area contributed by atoms with Crippen molar-refractivity contribution in [3.63, 3.8) is 0 Å². The molecule has 0 saturated heterocycles. The standard InChI is InChI=1S/C15H25NO/c1-9(2)12-5-13-14(16-8-17)11-4-10(12)6-15(13,3)7-11/h8-14H,4-7H2,1-3H3,(H,16,17). The SMILES string of the molecule is CC(C)C1CC2C(NC=O)C3CC1CC2(C)C3. The van der Waals surface area contributed by atoms with E-state index in [1.54, 1.807) is 0 Å². The lowest BCUT2D eigenvalue weighted by atomic mass is 9.57. The van der Waals surface area contributed by atoms with Crippen molar-refractivity contribution in [1.82, 2.24) is 5.32 Å². The van der Waals surface area contributed by atoms with E-state index in [9.17, 15) is 4.79 Å². The molecule has 1 N–H and O–H groups in total. The average Bonchev–Trinajstić information content (AvgIpc) is 2.37. The van der Waals surface area contributed by atoms with Crippen LogP contribution >= 0.6 is 0 Å². The van der Waals surface area contributed by atoms with E-state index in [2.05, 4.69) is 26.1 Å². The van der Waals surface area contributed by atoms with Crippen molar-refractivity contribution in [2.24, 2.45) is 35.0 Å². The molecule has 3 rings (SSSR count). The molecule has 2 heteroatoms. The summed E-state index contributed by atoms with van der Waals surface area (Å²) in [4.78, 5) is 10.8. The molecule has 96 valence electrons. The predicted octanol–water partition coefficient (Wildman–Crippen LogP) is 2.83. The summed E-state index contributed by atoms with van der Waals surface area (Å²) >= 11 is 0. The van der Waals surface area contributed by atoms with Crippen LogP contribution in [0.1, 0.15) is 46.5 Å². The number of carbonyl (C=O) groups excluding carboxylic acids is 1. The summed E-state index contributed by atoms with van der Waals surface area (Å²) in [6, 6.07) is 0.478. The molecule has 3 fully saturated rings. The Morgan fingerprint density at radius 2 is 1.94 bits per heavy atom. The summed E-state index contributed by atoms with van der Waals surface area (Å²) in [5.74, 6) is 4.13. The van der Waals surface area contributed by atoms with Crippen LogP contribution in [0.5, 0.6) is 0 Å². The molecule has 6 unspecified atom stereocenters. The lowest BCUT2D eigenvalue weighted by molar-refractivity contribution is -0.110. The Morgan fingerprint density at radius 1 is 1.24 bits per heavy atom. The molecule has 3 aliphatic rings. The van der Waals surface area contributed by atoms with Gasteiger partial charge in [-0.3, -0.25) is 4.79 Å². The van der Waals surface area contributed by atoms with Gasteiger partial charge in [0.2, 0.25) is 6.41 Å². The van der Waals surface area contributed by atoms with Gasteiger partial charge in [0.25, 0.3) is 0 Å². The van der Waals surface area contributed by atoms with Crippen molar-refractivity contribution in [2.45, 2.75) is 52.5 Å². The Kier molecular flexibility index (Phi) is 2.53. The van der Waals surface area contributed by atoms with Crippen LogP contribution in [0.2, 0.25) is 0 Å². The van der Waals surface area contributed by atoms with E-state index in [0.29, 0.717) is 11.5 Å². The van der Waals surface area contributed by atoms with Gasteiger partial charge in [0.1, 0.15) is 0 Å². The Bertz CT molecular complexity index is 327. The fourth-order valence-electron chi connectivity index (χ4n) is 5.57. The zero-order valence-electron chi connectivity index (χ0n) is 11.3. The van der Waals surface area contributed by atoms with Crippen LogP contribution in [-0.4, -0.2) is 12.5 Å². The quantitative estimate of drug-likeness (QED) is 0.749. The maximum Gasteiger partial charge on any atom is 0.207 e. The van der Waals surface area contributed by atoms with Crippen molar-refractivity contribution < 1.29 is 4.79 Å². The first-order chi connectivity index (χ1) is 8.05. The minimum Gasteiger partial charge on any atom is -0.355 e. The summed E-state index contributed by atoms with van der Waals surface area (Å²) < 4.78 is 0. The largest absolute Gasteiger partial charge is 0.355 e. The lowest BCUT2D eigenvalue weighted by Crippen LogP contribution is -2.42. The van der Waals surface area contributed by atoms with Gasteiger partial charge in [-0.1, -0.05) is 20.8 Å². The first kappa shape index (κ1) is 11.6. The van der Waals surface area contributed by atoms with Crippen molar-refractivity contribution >= 4 is 6.41 Å². The molecule has 0 aromatic heterocycles. The zero-order valence-corrected chi connectivity index (χ0v) is 11.3. The van der Waals surface area contributed by atoms with E-state index < -0.39 is 0 Å². The molecule has 6 atom stereocenters. The maximum absolute atomic E-state index is 10.8. The first-order valence-electron chi connectivity index (χ1n) is 7.25. The third-order valence-electron chi connectivity index (χ3n) is 6.15. The van der Waals surface area contributed by atoms with Crippen molar-refractivity contribution in [2.75, 3.05) is 0 Å². The van der Waals surface area contributed by atoms with Gasteiger partial charge >= 0.3 is 0 Å². The van der Waals surface area contributed by atoms with Gasteiger partial charge < -0.3 is 5.32 Å². The summed E-state index contributed by atoms with van der Waals surface area (Å²) in [5.41, 5.74) is 0.527. The molecule has 17 heavy (non-hydrogen) atoms. The second-order valence-corrected chi connectivity index (χ2v) is 7.38. The summed E-state index contributed by atoms with van der Waals surface area (Å²) in [6.07, 6.45) is 6.41. The van der Waals surface area contributed by atoms with Gasteiger partial charge in [-0.05, 0) is 60.7 Å². The highest BCUT2D eigenvalue weighted by Gasteiger charge is 2.59. The summed E-state index contributed by atoms with van der Waals surface area (Å²) in [6.45, 7) is 7.23. The molecular formula is C15H25NO. The van der Waals surface area contributed by atoms with Gasteiger partial charge in [-0.2, -0.15) is 0 Å². The highest BCUT2D eigenvalue weighted by Crippen LogP contribution is 2.64. The summed E-state index contributed by atoms with van der Waals surface area (Å²) in [5, 5.41) is 3.15. The van der Waals surface area contributed by atoms with Gasteiger partial charge in [0, 0.05) is 6.04 Å². The summed E-state index contributed by atoms with van der Waals surface area (Å²) in [7, 11) is 0. The van der Waals surface area contributed by atoms with Crippen LogP contribution < -0.4 is 5.32 Å². The minimum absolute atomic E-state index is 0.478. The van der Waals surface area contributed by atoms with E-state index in [-0.39, 0.29) is 0 Å². The second-order valence-electron chi connectivity index (χ2n) is 7.38. The molecule has 3 saturated carbocycles. The topological polar surface area (TPSA) is 29.1 Å². The molecule has 0 aromatic rings. The van der Waals surface area contributed by atoms with Crippen LogP contribution in [0.15, 0.2) is 0 Å². The van der Waals surface area contributed by atoms with E-state index in [1.807, 2.05) is 0 Å². The highest BCUT2D eigenvalue weighted by atomic mass is 16.1. The van der Waals surface area contributed by atoms with Crippen LogP contribution in [0.4, 0.5) is 0 Å². The number of nitrogens with one attached hydrogen (secondary N) is 1. The minimum atomic E-state index is 0.478. The second kappa shape index (κ2) is 3.73. The third-order valence-corrected chi connectivity index (χ3v) is 6.15. The number of rotatable bonds is 3. The van der Waals surface area contributed by atoms with E-state index in [0.717, 1.165) is 36.0 Å². The molecule has 2 nitrogen and oxygen atoms in total. The molecule has 1 amide bonds. The van der Waals surface area contributed by atoms with Crippen molar-refractivity contribution in [3.8, 4) is 0 Å². The molecule has 0 radical (unpaired) electrons. The molecule has 0 aromatic carbocycles. The van der Waals surface area contributed by atoms with E-state index in [1.165, 1.54) is 25.7 Å². The van der Waals surface area contributed by atoms with Gasteiger partial charge in [0.05, 0.1) is 0 Å². The molecule has 3 bridgehead atoms. The van der Waals surface area contributed by atoms with Gasteiger partial charge in [0.15, 0.2) is 0 Å². The molecule has 0 spiro atoms. The lowest BCUT2D eigenvalue weighted by Gasteiger charge is -2.48. The van der Waals surface area contributed by atoms with Crippen molar-refractivity contribution in [1.29, 1.82) is 0 Å². The Hall–Kier alpha value is -0.530. The predicted molar refractivity (Wildman–Crippen MR) is 68.4 cm³/mol. The van der Waals surface area contributed by atoms with Gasteiger partial charge in [-0.15, -0.1) is 0 Å². The number of amides is 1. The number of fused-ring (bicyclic) bond motifs is 2.